The number of ether oxygens (including phenoxy) is 4. The minimum absolute atomic E-state index is 0.0231. The number of amides is 4. The standard InChI is InChI=1S/C33H36N4O8/c1-42-24-10-8-23(9-11-24)37-31(40)33(30(39)34-32(37)41,15-20-13-26(43-2)29(45-4)27(14-20)44-3)19-35-16-21-12-22(18-35)25-6-5-7-28(38)36(25)17-21/h5-11,13-14,21-22H,12,15-19H2,1-4H3,(H,34,39,41)/t21-,22-,33+/m0/s1. The molecule has 12 nitrogen and oxygen atoms in total. The van der Waals surface area contributed by atoms with Gasteiger partial charge in [-0.05, 0) is 66.8 Å². The summed E-state index contributed by atoms with van der Waals surface area (Å²) >= 11 is 0. The third-order valence-corrected chi connectivity index (χ3v) is 9.08. The van der Waals surface area contributed by atoms with Crippen LogP contribution in [-0.2, 0) is 22.6 Å². The summed E-state index contributed by atoms with van der Waals surface area (Å²) in [6.07, 6.45) is 0.868. The van der Waals surface area contributed by atoms with Gasteiger partial charge < -0.3 is 28.4 Å². The van der Waals surface area contributed by atoms with Gasteiger partial charge in [0.25, 0.3) is 11.5 Å². The predicted octanol–water partition coefficient (Wildman–Crippen LogP) is 2.81. The van der Waals surface area contributed by atoms with Crippen molar-refractivity contribution in [2.75, 3.05) is 53.0 Å². The number of methoxy groups -OCH3 is 4. The van der Waals surface area contributed by atoms with Gasteiger partial charge in [0.05, 0.1) is 34.1 Å². The Morgan fingerprint density at radius 2 is 1.56 bits per heavy atom. The lowest BCUT2D eigenvalue weighted by atomic mass is 9.75. The molecule has 0 aliphatic carbocycles. The summed E-state index contributed by atoms with van der Waals surface area (Å²) in [5, 5.41) is 2.48. The monoisotopic (exact) mass is 616 g/mol. The Labute approximate surface area is 260 Å². The van der Waals surface area contributed by atoms with Gasteiger partial charge in [-0.3, -0.25) is 19.7 Å². The molecule has 2 bridgehead atoms. The fourth-order valence-corrected chi connectivity index (χ4v) is 7.09. The number of hydrogen-bond donors (Lipinski definition) is 1. The number of imide groups is 2. The lowest BCUT2D eigenvalue weighted by molar-refractivity contribution is -0.144. The number of barbiturate groups is 1. The maximum atomic E-state index is 14.7. The predicted molar refractivity (Wildman–Crippen MR) is 164 cm³/mol. The number of aromatic nitrogens is 1. The number of carbonyl (C=O) groups excluding carboxylic acids is 3. The first-order chi connectivity index (χ1) is 21.7. The van der Waals surface area contributed by atoms with E-state index in [0.717, 1.165) is 17.0 Å². The summed E-state index contributed by atoms with van der Waals surface area (Å²) < 4.78 is 23.7. The summed E-state index contributed by atoms with van der Waals surface area (Å²) in [7, 11) is 6.01. The molecule has 2 aromatic carbocycles. The Kier molecular flexibility index (Phi) is 8.00. The van der Waals surface area contributed by atoms with Crippen LogP contribution in [-0.4, -0.2) is 75.4 Å². The number of likely N-dealkylation sites (tertiary alicyclic amines) is 1. The Bertz CT molecular complexity index is 1680. The molecule has 236 valence electrons. The normalized spacial score (nSPS) is 22.8. The van der Waals surface area contributed by atoms with Crippen molar-refractivity contribution in [3.05, 3.63) is 76.2 Å². The summed E-state index contributed by atoms with van der Waals surface area (Å²) in [5.41, 5.74) is 0.136. The molecule has 1 aromatic heterocycles. The van der Waals surface area contributed by atoms with Gasteiger partial charge >= 0.3 is 6.03 Å². The third kappa shape index (κ3) is 5.28. The molecule has 4 amide bonds. The van der Waals surface area contributed by atoms with Crippen molar-refractivity contribution in [2.45, 2.75) is 25.3 Å². The molecular weight excluding hydrogens is 580 g/mol. The van der Waals surface area contributed by atoms with Gasteiger partial charge in [-0.15, -0.1) is 0 Å². The van der Waals surface area contributed by atoms with Gasteiger partial charge in [0.2, 0.25) is 11.7 Å². The zero-order valence-corrected chi connectivity index (χ0v) is 25.7. The summed E-state index contributed by atoms with van der Waals surface area (Å²) in [5.74, 6) is 0.603. The van der Waals surface area contributed by atoms with E-state index < -0.39 is 23.3 Å². The van der Waals surface area contributed by atoms with Crippen molar-refractivity contribution in [3.8, 4) is 23.0 Å². The first-order valence-electron chi connectivity index (χ1n) is 14.8. The average molecular weight is 617 g/mol. The summed E-state index contributed by atoms with van der Waals surface area (Å²) in [6.45, 7) is 1.76. The van der Waals surface area contributed by atoms with Gasteiger partial charge in [0.1, 0.15) is 11.2 Å². The molecule has 1 N–H and O–H groups in total. The molecule has 0 radical (unpaired) electrons. The molecule has 45 heavy (non-hydrogen) atoms. The van der Waals surface area contributed by atoms with Crippen LogP contribution in [0.2, 0.25) is 0 Å². The van der Waals surface area contributed by atoms with Crippen LogP contribution < -0.4 is 34.7 Å². The zero-order chi connectivity index (χ0) is 31.9. The number of anilines is 1. The van der Waals surface area contributed by atoms with Crippen molar-refractivity contribution >= 4 is 23.5 Å². The number of rotatable bonds is 9. The van der Waals surface area contributed by atoms with Crippen molar-refractivity contribution < 1.29 is 33.3 Å². The zero-order valence-electron chi connectivity index (χ0n) is 25.7. The van der Waals surface area contributed by atoms with Crippen LogP contribution in [0.1, 0.15) is 23.6 Å². The van der Waals surface area contributed by atoms with E-state index in [4.69, 9.17) is 18.9 Å². The lowest BCUT2D eigenvalue weighted by Crippen LogP contribution is -2.68. The van der Waals surface area contributed by atoms with Crippen molar-refractivity contribution in [3.63, 3.8) is 0 Å². The Morgan fingerprint density at radius 3 is 2.20 bits per heavy atom. The molecule has 3 aliphatic rings. The Hall–Kier alpha value is -4.84. The third-order valence-electron chi connectivity index (χ3n) is 9.08. The van der Waals surface area contributed by atoms with Crippen LogP contribution in [0.3, 0.4) is 0 Å². The second-order valence-corrected chi connectivity index (χ2v) is 11.8. The quantitative estimate of drug-likeness (QED) is 0.361. The molecule has 0 unspecified atom stereocenters. The van der Waals surface area contributed by atoms with Crippen molar-refractivity contribution in [1.82, 2.24) is 14.8 Å². The molecule has 2 fully saturated rings. The van der Waals surface area contributed by atoms with Gasteiger partial charge in [0, 0.05) is 43.9 Å². The fourth-order valence-electron chi connectivity index (χ4n) is 7.09. The molecule has 6 rings (SSSR count). The highest BCUT2D eigenvalue weighted by Crippen LogP contribution is 2.43. The minimum atomic E-state index is -1.69. The van der Waals surface area contributed by atoms with E-state index in [1.807, 2.05) is 10.6 Å². The number of urea groups is 1. The Balaban J connectivity index is 1.42. The van der Waals surface area contributed by atoms with Gasteiger partial charge in [0.15, 0.2) is 11.5 Å². The number of hydrogen-bond acceptors (Lipinski definition) is 9. The maximum Gasteiger partial charge on any atom is 0.335 e. The van der Waals surface area contributed by atoms with E-state index in [-0.39, 0.29) is 30.4 Å². The molecule has 3 atom stereocenters. The second-order valence-electron chi connectivity index (χ2n) is 11.8. The van der Waals surface area contributed by atoms with E-state index in [1.54, 1.807) is 48.5 Å². The molecular formula is C33H36N4O8. The van der Waals surface area contributed by atoms with E-state index >= 15 is 0 Å². The van der Waals surface area contributed by atoms with E-state index in [1.165, 1.54) is 28.4 Å². The number of carbonyl (C=O) groups is 3. The van der Waals surface area contributed by atoms with Crippen LogP contribution in [0.25, 0.3) is 0 Å². The van der Waals surface area contributed by atoms with Gasteiger partial charge in [-0.1, -0.05) is 6.07 Å². The highest BCUT2D eigenvalue weighted by molar-refractivity contribution is 6.30. The molecule has 2 saturated heterocycles. The molecule has 3 aliphatic heterocycles. The second kappa shape index (κ2) is 11.9. The lowest BCUT2D eigenvalue weighted by Gasteiger charge is -2.47. The molecule has 0 saturated carbocycles. The number of pyridine rings is 1. The fraction of sp³-hybridized carbons (Fsp3) is 0.394. The average Bonchev–Trinajstić information content (AvgIpc) is 3.04. The number of nitrogens with one attached hydrogen (secondary N) is 1. The van der Waals surface area contributed by atoms with E-state index in [9.17, 15) is 19.2 Å². The van der Waals surface area contributed by atoms with Gasteiger partial charge in [-0.2, -0.15) is 0 Å². The molecule has 4 heterocycles. The van der Waals surface area contributed by atoms with Crippen molar-refractivity contribution in [1.29, 1.82) is 0 Å². The largest absolute Gasteiger partial charge is 0.497 e. The first kappa shape index (κ1) is 30.2. The summed E-state index contributed by atoms with van der Waals surface area (Å²) in [6, 6.07) is 14.4. The maximum absolute atomic E-state index is 14.7. The molecule has 12 heteroatoms. The van der Waals surface area contributed by atoms with Crippen LogP contribution in [0.4, 0.5) is 10.5 Å². The number of fused-ring (bicyclic) bond motifs is 4. The smallest absolute Gasteiger partial charge is 0.335 e. The number of nitrogens with zero attached hydrogens (tertiary/aromatic N) is 3. The molecule has 0 spiro atoms. The van der Waals surface area contributed by atoms with Crippen LogP contribution in [0, 0.1) is 11.3 Å². The van der Waals surface area contributed by atoms with Crippen LogP contribution in [0.15, 0.2) is 59.4 Å². The number of piperidine rings is 1. The van der Waals surface area contributed by atoms with Gasteiger partial charge in [-0.25, -0.2) is 9.69 Å². The van der Waals surface area contributed by atoms with E-state index in [2.05, 4.69) is 10.2 Å². The Morgan fingerprint density at radius 1 is 0.844 bits per heavy atom. The highest BCUT2D eigenvalue weighted by atomic mass is 16.5. The van der Waals surface area contributed by atoms with Crippen molar-refractivity contribution in [2.24, 2.45) is 11.3 Å². The minimum Gasteiger partial charge on any atom is -0.497 e. The van der Waals surface area contributed by atoms with Crippen LogP contribution >= 0.6 is 0 Å². The van der Waals surface area contributed by atoms with Crippen LogP contribution in [0.5, 0.6) is 23.0 Å². The number of benzene rings is 2. The highest BCUT2D eigenvalue weighted by Gasteiger charge is 2.56. The summed E-state index contributed by atoms with van der Waals surface area (Å²) in [4.78, 5) is 57.7. The molecule has 3 aromatic rings. The first-order valence-corrected chi connectivity index (χ1v) is 14.8. The van der Waals surface area contributed by atoms with E-state index in [0.29, 0.717) is 53.9 Å². The SMILES string of the molecule is COc1ccc(N2C(=O)NC(=O)[C@@](Cc3cc(OC)c(OC)c(OC)c3)(CN3C[C@@H]4C[C@@H](C3)c3cccc(=O)n3C4)C2=O)cc1. The topological polar surface area (TPSA) is 129 Å².